The van der Waals surface area contributed by atoms with Gasteiger partial charge in [-0.2, -0.15) is 0 Å². The largest absolute Gasteiger partial charge is 0.349 e. The van der Waals surface area contributed by atoms with Crippen LogP contribution in [0.15, 0.2) is 24.3 Å². The normalized spacial score (nSPS) is 12.8. The number of rotatable bonds is 8. The molecule has 1 rings (SSSR count). The highest BCUT2D eigenvalue weighted by atomic mass is 19.1. The highest BCUT2D eigenvalue weighted by molar-refractivity contribution is 5.99. The highest BCUT2D eigenvalue weighted by Gasteiger charge is 2.28. The second kappa shape index (κ2) is 8.03. The lowest BCUT2D eigenvalue weighted by Crippen LogP contribution is -2.53. The summed E-state index contributed by atoms with van der Waals surface area (Å²) in [5.74, 6) is -1.40. The molecule has 0 bridgehead atoms. The highest BCUT2D eigenvalue weighted by Crippen LogP contribution is 2.17. The van der Waals surface area contributed by atoms with E-state index in [0.717, 1.165) is 12.8 Å². The zero-order valence-corrected chi connectivity index (χ0v) is 13.5. The molecule has 0 saturated carbocycles. The number of hydrogen-bond acceptors (Lipinski definition) is 3. The van der Waals surface area contributed by atoms with Crippen LogP contribution in [0.25, 0.3) is 0 Å². The minimum Gasteiger partial charge on any atom is -0.349 e. The van der Waals surface area contributed by atoms with Gasteiger partial charge in [0.15, 0.2) is 5.78 Å². The summed E-state index contributed by atoms with van der Waals surface area (Å²) in [7, 11) is 0. The first-order valence-corrected chi connectivity index (χ1v) is 7.68. The molecule has 0 saturated heterocycles. The van der Waals surface area contributed by atoms with Crippen molar-refractivity contribution in [2.24, 2.45) is 11.7 Å². The number of carbonyl (C=O) groups excluding carboxylic acids is 2. The molecular weight excluding hydrogens is 283 g/mol. The van der Waals surface area contributed by atoms with E-state index in [9.17, 15) is 14.0 Å². The zero-order chi connectivity index (χ0) is 16.8. The lowest BCUT2D eigenvalue weighted by Gasteiger charge is -2.31. The minimum absolute atomic E-state index is 0.0666. The van der Waals surface area contributed by atoms with E-state index in [1.54, 1.807) is 13.0 Å². The summed E-state index contributed by atoms with van der Waals surface area (Å²) in [6.07, 6.45) is 1.53. The summed E-state index contributed by atoms with van der Waals surface area (Å²) in [5.41, 5.74) is 5.62. The molecule has 0 aromatic heterocycles. The van der Waals surface area contributed by atoms with Gasteiger partial charge < -0.3 is 11.1 Å². The van der Waals surface area contributed by atoms with Crippen molar-refractivity contribution in [2.45, 2.75) is 45.6 Å². The van der Waals surface area contributed by atoms with E-state index < -0.39 is 17.3 Å². The molecule has 1 amide bonds. The first-order chi connectivity index (χ1) is 10.4. The van der Waals surface area contributed by atoms with E-state index in [0.29, 0.717) is 6.54 Å². The number of nitrogens with one attached hydrogen (secondary N) is 1. The maximum atomic E-state index is 13.2. The van der Waals surface area contributed by atoms with Crippen molar-refractivity contribution in [3.8, 4) is 0 Å². The molecule has 5 heteroatoms. The third-order valence-corrected chi connectivity index (χ3v) is 4.20. The van der Waals surface area contributed by atoms with E-state index in [1.165, 1.54) is 18.2 Å². The van der Waals surface area contributed by atoms with Gasteiger partial charge in [0.1, 0.15) is 5.82 Å². The predicted molar refractivity (Wildman–Crippen MR) is 85.0 cm³/mol. The zero-order valence-electron chi connectivity index (χ0n) is 13.5. The Morgan fingerprint density at radius 3 is 2.45 bits per heavy atom. The van der Waals surface area contributed by atoms with Crippen molar-refractivity contribution in [1.29, 1.82) is 0 Å². The summed E-state index contributed by atoms with van der Waals surface area (Å²) in [5, 5.41) is 2.94. The first-order valence-electron chi connectivity index (χ1n) is 7.68. The second-order valence-electron chi connectivity index (χ2n) is 5.72. The summed E-state index contributed by atoms with van der Waals surface area (Å²) < 4.78 is 13.2. The molecule has 0 spiro atoms. The lowest BCUT2D eigenvalue weighted by molar-refractivity contribution is -0.123. The summed E-state index contributed by atoms with van der Waals surface area (Å²) in [6, 6.07) is 5.52. The molecular formula is C17H25FN2O2. The Balaban J connectivity index is 2.69. The molecule has 1 aromatic rings. The Kier molecular flexibility index (Phi) is 6.68. The molecule has 3 N–H and O–H groups in total. The van der Waals surface area contributed by atoms with Crippen molar-refractivity contribution >= 4 is 11.7 Å². The van der Waals surface area contributed by atoms with Crippen LogP contribution in [0.4, 0.5) is 4.39 Å². The number of nitrogens with two attached hydrogens (primary N) is 1. The van der Waals surface area contributed by atoms with Crippen molar-refractivity contribution in [1.82, 2.24) is 5.32 Å². The molecule has 0 aliphatic heterocycles. The second-order valence-corrected chi connectivity index (χ2v) is 5.72. The number of ketones is 1. The van der Waals surface area contributed by atoms with Crippen molar-refractivity contribution in [3.05, 3.63) is 35.6 Å². The SMILES string of the molecule is CCC(CC)(CN)NC(=O)CC(C)C(=O)c1cccc(F)c1. The first kappa shape index (κ1) is 18.3. The average molecular weight is 308 g/mol. The van der Waals surface area contributed by atoms with Gasteiger partial charge in [-0.15, -0.1) is 0 Å². The van der Waals surface area contributed by atoms with Gasteiger partial charge in [-0.3, -0.25) is 9.59 Å². The van der Waals surface area contributed by atoms with Crippen LogP contribution in [0.5, 0.6) is 0 Å². The average Bonchev–Trinajstić information content (AvgIpc) is 2.52. The third kappa shape index (κ3) is 4.63. The Hall–Kier alpha value is -1.75. The van der Waals surface area contributed by atoms with E-state index >= 15 is 0 Å². The Bertz CT molecular complexity index is 519. The Morgan fingerprint density at radius 1 is 1.32 bits per heavy atom. The number of amides is 1. The summed E-state index contributed by atoms with van der Waals surface area (Å²) in [4.78, 5) is 24.4. The summed E-state index contributed by atoms with van der Waals surface area (Å²) >= 11 is 0. The van der Waals surface area contributed by atoms with E-state index in [1.807, 2.05) is 13.8 Å². The number of Topliss-reactive ketones (excluding diaryl/α,β-unsaturated/α-hetero) is 1. The van der Waals surface area contributed by atoms with Crippen molar-refractivity contribution < 1.29 is 14.0 Å². The van der Waals surface area contributed by atoms with E-state index in [4.69, 9.17) is 5.73 Å². The molecule has 0 aliphatic carbocycles. The van der Waals surface area contributed by atoms with Gasteiger partial charge in [-0.05, 0) is 25.0 Å². The molecule has 22 heavy (non-hydrogen) atoms. The fourth-order valence-electron chi connectivity index (χ4n) is 2.41. The molecule has 1 unspecified atom stereocenters. The lowest BCUT2D eigenvalue weighted by atomic mass is 9.91. The maximum Gasteiger partial charge on any atom is 0.221 e. The molecule has 1 aromatic carbocycles. The molecule has 122 valence electrons. The number of halogens is 1. The van der Waals surface area contributed by atoms with Crippen molar-refractivity contribution in [3.63, 3.8) is 0 Å². The summed E-state index contributed by atoms with van der Waals surface area (Å²) in [6.45, 7) is 5.97. The molecule has 0 aliphatic rings. The fraction of sp³-hybridized carbons (Fsp3) is 0.529. The van der Waals surface area contributed by atoms with Crippen LogP contribution in [0.1, 0.15) is 50.4 Å². The van der Waals surface area contributed by atoms with Crippen LogP contribution in [0, 0.1) is 11.7 Å². The smallest absolute Gasteiger partial charge is 0.221 e. The van der Waals surface area contributed by atoms with E-state index in [2.05, 4.69) is 5.32 Å². The number of hydrogen-bond donors (Lipinski definition) is 2. The predicted octanol–water partition coefficient (Wildman–Crippen LogP) is 2.67. The third-order valence-electron chi connectivity index (χ3n) is 4.20. The van der Waals surface area contributed by atoms with Crippen LogP contribution in [-0.4, -0.2) is 23.8 Å². The number of carbonyl (C=O) groups is 2. The van der Waals surface area contributed by atoms with Crippen LogP contribution in [0.2, 0.25) is 0 Å². The molecule has 4 nitrogen and oxygen atoms in total. The minimum atomic E-state index is -0.508. The van der Waals surface area contributed by atoms with Gasteiger partial charge >= 0.3 is 0 Å². The standard InChI is InChI=1S/C17H25FN2O2/c1-4-17(5-2,11-19)20-15(21)9-12(3)16(22)13-7-6-8-14(18)10-13/h6-8,10,12H,4-5,9,11,19H2,1-3H3,(H,20,21). The van der Waals surface area contributed by atoms with Gasteiger partial charge in [-0.1, -0.05) is 32.9 Å². The van der Waals surface area contributed by atoms with E-state index in [-0.39, 0.29) is 23.7 Å². The van der Waals surface area contributed by atoms with Crippen LogP contribution >= 0.6 is 0 Å². The Morgan fingerprint density at radius 2 is 1.95 bits per heavy atom. The van der Waals surface area contributed by atoms with Gasteiger partial charge in [0, 0.05) is 24.4 Å². The molecule has 1 atom stereocenters. The fourth-order valence-corrected chi connectivity index (χ4v) is 2.41. The van der Waals surface area contributed by atoms with Crippen LogP contribution in [-0.2, 0) is 4.79 Å². The number of benzene rings is 1. The van der Waals surface area contributed by atoms with Crippen molar-refractivity contribution in [2.75, 3.05) is 6.54 Å². The van der Waals surface area contributed by atoms with Crippen LogP contribution in [0.3, 0.4) is 0 Å². The van der Waals surface area contributed by atoms with Crippen LogP contribution < -0.4 is 11.1 Å². The van der Waals surface area contributed by atoms with Gasteiger partial charge in [-0.25, -0.2) is 4.39 Å². The topological polar surface area (TPSA) is 72.2 Å². The monoisotopic (exact) mass is 308 g/mol. The van der Waals surface area contributed by atoms with Gasteiger partial charge in [0.25, 0.3) is 0 Å². The Labute approximate surface area is 131 Å². The molecule has 0 fully saturated rings. The molecule has 0 radical (unpaired) electrons. The van der Waals surface area contributed by atoms with Gasteiger partial charge in [0.05, 0.1) is 5.54 Å². The maximum absolute atomic E-state index is 13.2. The quantitative estimate of drug-likeness (QED) is 0.725. The molecule has 0 heterocycles. The van der Waals surface area contributed by atoms with Gasteiger partial charge in [0.2, 0.25) is 5.91 Å².